The van der Waals surface area contributed by atoms with Crippen LogP contribution in [0.3, 0.4) is 0 Å². The third-order valence-electron chi connectivity index (χ3n) is 1.85. The number of benzene rings is 1. The maximum Gasteiger partial charge on any atom is 0.323 e. The molecule has 0 aromatic heterocycles. The molecular weight excluding hydrogens is 195 g/mol. The van der Waals surface area contributed by atoms with Gasteiger partial charge in [-0.1, -0.05) is 6.08 Å². The lowest BCUT2D eigenvalue weighted by molar-refractivity contribution is 0.254. The lowest BCUT2D eigenvalue weighted by Crippen LogP contribution is -2.26. The molecule has 0 saturated carbocycles. The van der Waals surface area contributed by atoms with E-state index in [2.05, 4.69) is 10.6 Å². The molecule has 0 spiro atoms. The van der Waals surface area contributed by atoms with Crippen molar-refractivity contribution in [2.24, 2.45) is 0 Å². The Bertz CT molecular complexity index is 371. The van der Waals surface area contributed by atoms with Gasteiger partial charge in [-0.25, -0.2) is 9.18 Å². The molecule has 2 N–H and O–H groups in total. The first-order valence-corrected chi connectivity index (χ1v) is 4.58. The minimum atomic E-state index is -0.336. The Kier molecular flexibility index (Phi) is 3.85. The van der Waals surface area contributed by atoms with Gasteiger partial charge in [-0.05, 0) is 38.1 Å². The van der Waals surface area contributed by atoms with E-state index in [1.54, 1.807) is 13.0 Å². The predicted octanol–water partition coefficient (Wildman–Crippen LogP) is 2.87. The Balaban J connectivity index is 2.55. The van der Waals surface area contributed by atoms with Crippen molar-refractivity contribution in [3.63, 3.8) is 0 Å². The number of hydrogen-bond donors (Lipinski definition) is 2. The molecule has 0 aliphatic carbocycles. The first-order valence-electron chi connectivity index (χ1n) is 4.58. The van der Waals surface area contributed by atoms with Crippen LogP contribution >= 0.6 is 0 Å². The molecule has 2 amide bonds. The lowest BCUT2D eigenvalue weighted by Gasteiger charge is -2.06. The second-order valence-electron chi connectivity index (χ2n) is 3.06. The van der Waals surface area contributed by atoms with Crippen LogP contribution in [0.2, 0.25) is 0 Å². The van der Waals surface area contributed by atoms with Crippen molar-refractivity contribution in [1.82, 2.24) is 5.32 Å². The summed E-state index contributed by atoms with van der Waals surface area (Å²) in [6, 6.07) is 5.24. The first-order chi connectivity index (χ1) is 7.11. The zero-order valence-electron chi connectivity index (χ0n) is 8.67. The Morgan fingerprint density at radius 2 is 1.93 bits per heavy atom. The van der Waals surface area contributed by atoms with Crippen molar-refractivity contribution in [3.05, 3.63) is 41.9 Å². The molecule has 0 aliphatic heterocycles. The molecule has 1 rings (SSSR count). The molecule has 0 unspecified atom stereocenters. The summed E-state index contributed by atoms with van der Waals surface area (Å²) in [5, 5.41) is 5.19. The number of hydrogen-bond acceptors (Lipinski definition) is 1. The number of carbonyl (C=O) groups is 1. The van der Waals surface area contributed by atoms with Gasteiger partial charge in [0.05, 0.1) is 0 Å². The summed E-state index contributed by atoms with van der Waals surface area (Å²) < 4.78 is 12.6. The van der Waals surface area contributed by atoms with E-state index in [-0.39, 0.29) is 11.8 Å². The standard InChI is InChI=1S/C11H13FN2O/c1-3-8(2)13-11(15)14-10-6-4-9(12)5-7-10/h3-7H,1-2H3,(H2,13,14,15). The van der Waals surface area contributed by atoms with E-state index in [9.17, 15) is 9.18 Å². The molecule has 1 aromatic carbocycles. The van der Waals surface area contributed by atoms with Crippen LogP contribution in [0.25, 0.3) is 0 Å². The number of nitrogens with one attached hydrogen (secondary N) is 2. The van der Waals surface area contributed by atoms with Crippen molar-refractivity contribution in [3.8, 4) is 0 Å². The van der Waals surface area contributed by atoms with E-state index in [0.717, 1.165) is 5.70 Å². The van der Waals surface area contributed by atoms with Gasteiger partial charge < -0.3 is 10.6 Å². The van der Waals surface area contributed by atoms with Crippen molar-refractivity contribution >= 4 is 11.7 Å². The van der Waals surface area contributed by atoms with Crippen molar-refractivity contribution in [1.29, 1.82) is 0 Å². The summed E-state index contributed by atoms with van der Waals surface area (Å²) >= 11 is 0. The molecule has 1 aromatic rings. The van der Waals surface area contributed by atoms with Gasteiger partial charge in [0.2, 0.25) is 0 Å². The van der Waals surface area contributed by atoms with E-state index in [0.29, 0.717) is 5.69 Å². The number of amides is 2. The molecule has 0 atom stereocenters. The maximum absolute atomic E-state index is 12.6. The smallest absolute Gasteiger partial charge is 0.312 e. The number of halogens is 1. The average molecular weight is 208 g/mol. The van der Waals surface area contributed by atoms with Gasteiger partial charge in [-0.15, -0.1) is 0 Å². The first kappa shape index (κ1) is 11.2. The van der Waals surface area contributed by atoms with Gasteiger partial charge in [-0.3, -0.25) is 0 Å². The van der Waals surface area contributed by atoms with Crippen LogP contribution < -0.4 is 10.6 Å². The van der Waals surface area contributed by atoms with Crippen LogP contribution in [0.4, 0.5) is 14.9 Å². The molecule has 0 radical (unpaired) electrons. The fraction of sp³-hybridized carbons (Fsp3) is 0.182. The molecule has 0 saturated heterocycles. The van der Waals surface area contributed by atoms with Crippen LogP contribution in [0.1, 0.15) is 13.8 Å². The molecule has 0 bridgehead atoms. The molecular formula is C11H13FN2O. The number of rotatable bonds is 2. The van der Waals surface area contributed by atoms with E-state index < -0.39 is 0 Å². The zero-order valence-corrected chi connectivity index (χ0v) is 8.67. The second kappa shape index (κ2) is 5.14. The minimum Gasteiger partial charge on any atom is -0.312 e. The summed E-state index contributed by atoms with van der Waals surface area (Å²) in [7, 11) is 0. The van der Waals surface area contributed by atoms with Crippen molar-refractivity contribution < 1.29 is 9.18 Å². The fourth-order valence-corrected chi connectivity index (χ4v) is 0.947. The van der Waals surface area contributed by atoms with E-state index in [1.807, 2.05) is 6.92 Å². The van der Waals surface area contributed by atoms with Gasteiger partial charge in [0.15, 0.2) is 0 Å². The molecule has 0 heterocycles. The van der Waals surface area contributed by atoms with Crippen LogP contribution in [0, 0.1) is 5.82 Å². The Morgan fingerprint density at radius 1 is 1.33 bits per heavy atom. The zero-order chi connectivity index (χ0) is 11.3. The Morgan fingerprint density at radius 3 is 2.47 bits per heavy atom. The van der Waals surface area contributed by atoms with Crippen LogP contribution in [-0.4, -0.2) is 6.03 Å². The quantitative estimate of drug-likeness (QED) is 0.770. The lowest BCUT2D eigenvalue weighted by atomic mass is 10.3. The predicted molar refractivity (Wildman–Crippen MR) is 58.0 cm³/mol. The Labute approximate surface area is 88.0 Å². The van der Waals surface area contributed by atoms with Gasteiger partial charge in [0.25, 0.3) is 0 Å². The second-order valence-corrected chi connectivity index (χ2v) is 3.06. The third kappa shape index (κ3) is 3.81. The van der Waals surface area contributed by atoms with Gasteiger partial charge in [0.1, 0.15) is 5.82 Å². The summed E-state index contributed by atoms with van der Waals surface area (Å²) in [6.07, 6.45) is 1.78. The third-order valence-corrected chi connectivity index (χ3v) is 1.85. The molecule has 0 fully saturated rings. The maximum atomic E-state index is 12.6. The van der Waals surface area contributed by atoms with E-state index in [4.69, 9.17) is 0 Å². The molecule has 0 aliphatic rings. The molecule has 3 nitrogen and oxygen atoms in total. The average Bonchev–Trinajstić information content (AvgIpc) is 2.21. The van der Waals surface area contributed by atoms with Gasteiger partial charge >= 0.3 is 6.03 Å². The summed E-state index contributed by atoms with van der Waals surface area (Å²) in [4.78, 5) is 11.3. The highest BCUT2D eigenvalue weighted by atomic mass is 19.1. The SMILES string of the molecule is CC=C(C)NC(=O)Nc1ccc(F)cc1. The van der Waals surface area contributed by atoms with Crippen molar-refractivity contribution in [2.45, 2.75) is 13.8 Å². The molecule has 80 valence electrons. The van der Waals surface area contributed by atoms with Crippen LogP contribution in [0.5, 0.6) is 0 Å². The van der Waals surface area contributed by atoms with Gasteiger partial charge in [0, 0.05) is 11.4 Å². The summed E-state index contributed by atoms with van der Waals surface area (Å²) in [5.41, 5.74) is 1.31. The number of carbonyl (C=O) groups excluding carboxylic acids is 1. The number of allylic oxidation sites excluding steroid dienone is 2. The topological polar surface area (TPSA) is 41.1 Å². The highest BCUT2D eigenvalue weighted by Crippen LogP contribution is 2.07. The summed E-state index contributed by atoms with van der Waals surface area (Å²) in [6.45, 7) is 3.61. The van der Waals surface area contributed by atoms with E-state index >= 15 is 0 Å². The Hall–Kier alpha value is -1.84. The molecule has 15 heavy (non-hydrogen) atoms. The summed E-state index contributed by atoms with van der Waals surface area (Å²) in [5.74, 6) is -0.328. The molecule has 4 heteroatoms. The highest BCUT2D eigenvalue weighted by Gasteiger charge is 2.00. The largest absolute Gasteiger partial charge is 0.323 e. The van der Waals surface area contributed by atoms with Crippen molar-refractivity contribution in [2.75, 3.05) is 5.32 Å². The minimum absolute atomic E-state index is 0.328. The van der Waals surface area contributed by atoms with Crippen LogP contribution in [0.15, 0.2) is 36.0 Å². The van der Waals surface area contributed by atoms with E-state index in [1.165, 1.54) is 24.3 Å². The number of urea groups is 1. The highest BCUT2D eigenvalue weighted by molar-refractivity contribution is 5.90. The van der Waals surface area contributed by atoms with Crippen LogP contribution in [-0.2, 0) is 0 Å². The number of anilines is 1. The van der Waals surface area contributed by atoms with Gasteiger partial charge in [-0.2, -0.15) is 0 Å². The normalized spacial score (nSPS) is 11.0. The fourth-order valence-electron chi connectivity index (χ4n) is 0.947. The monoisotopic (exact) mass is 208 g/mol.